The van der Waals surface area contributed by atoms with Gasteiger partial charge in [0.25, 0.3) is 0 Å². The summed E-state index contributed by atoms with van der Waals surface area (Å²) >= 11 is 1.19. The van der Waals surface area contributed by atoms with Crippen LogP contribution < -0.4 is 0 Å². The molecule has 0 saturated heterocycles. The minimum atomic E-state index is -0.856. The van der Waals surface area contributed by atoms with E-state index in [9.17, 15) is 9.90 Å². The number of benzene rings is 1. The summed E-state index contributed by atoms with van der Waals surface area (Å²) in [6, 6.07) is 9.61. The van der Waals surface area contributed by atoms with Crippen LogP contribution in [-0.4, -0.2) is 20.4 Å². The van der Waals surface area contributed by atoms with Crippen molar-refractivity contribution >= 4 is 17.5 Å². The third-order valence-corrected chi connectivity index (χ3v) is 3.82. The van der Waals surface area contributed by atoms with Crippen molar-refractivity contribution < 1.29 is 9.90 Å². The van der Waals surface area contributed by atoms with Crippen LogP contribution in [0.5, 0.6) is 0 Å². The van der Waals surface area contributed by atoms with Gasteiger partial charge >= 0.3 is 5.97 Å². The van der Waals surface area contributed by atoms with E-state index < -0.39 is 11.9 Å². The fraction of sp³-hybridized carbons (Fsp3) is 0.400. The Labute approximate surface area is 122 Å². The van der Waals surface area contributed by atoms with Gasteiger partial charge in [-0.1, -0.05) is 51.1 Å². The van der Waals surface area contributed by atoms with Gasteiger partial charge in [-0.25, -0.2) is 4.98 Å². The summed E-state index contributed by atoms with van der Waals surface area (Å²) in [6.07, 6.45) is 0.439. The molecule has 0 fully saturated rings. The number of rotatable bonds is 4. The van der Waals surface area contributed by atoms with Crippen molar-refractivity contribution in [1.29, 1.82) is 0 Å². The molecule has 0 aliphatic heterocycles. The van der Waals surface area contributed by atoms with E-state index in [0.29, 0.717) is 17.3 Å². The Hall–Kier alpha value is -1.75. The zero-order valence-corrected chi connectivity index (χ0v) is 12.6. The summed E-state index contributed by atoms with van der Waals surface area (Å²) in [5, 5.41) is 10.0. The average Bonchev–Trinajstić information content (AvgIpc) is 2.86. The van der Waals surface area contributed by atoms with Crippen molar-refractivity contribution in [2.75, 3.05) is 0 Å². The third-order valence-electron chi connectivity index (χ3n) is 2.99. The van der Waals surface area contributed by atoms with Gasteiger partial charge in [0.2, 0.25) is 0 Å². The topological polar surface area (TPSA) is 63.1 Å². The van der Waals surface area contributed by atoms with Crippen molar-refractivity contribution in [2.45, 2.75) is 38.5 Å². The molecule has 0 radical (unpaired) electrons. The van der Waals surface area contributed by atoms with Crippen molar-refractivity contribution in [3.8, 4) is 0 Å². The molecule has 2 aromatic rings. The highest BCUT2D eigenvalue weighted by Gasteiger charge is 2.27. The van der Waals surface area contributed by atoms with Gasteiger partial charge < -0.3 is 5.11 Å². The van der Waals surface area contributed by atoms with Crippen LogP contribution in [0.15, 0.2) is 30.3 Å². The number of carboxylic acids is 1. The van der Waals surface area contributed by atoms with Crippen LogP contribution in [0.3, 0.4) is 0 Å². The van der Waals surface area contributed by atoms with Gasteiger partial charge in [-0.2, -0.15) is 4.37 Å². The molecule has 0 amide bonds. The standard InChI is InChI=1S/C15H18N2O2S/c1-15(2,3)14-16-12(20-17-14)11(13(18)19)9-10-7-5-4-6-8-10/h4-8,11H,9H2,1-3H3,(H,18,19). The second-order valence-electron chi connectivity index (χ2n) is 5.79. The van der Waals surface area contributed by atoms with Gasteiger partial charge in [-0.3, -0.25) is 4.79 Å². The van der Waals surface area contributed by atoms with Crippen LogP contribution in [0.1, 0.15) is 43.1 Å². The second-order valence-corrected chi connectivity index (χ2v) is 6.57. The zero-order valence-electron chi connectivity index (χ0n) is 11.8. The lowest BCUT2D eigenvalue weighted by Crippen LogP contribution is -2.16. The Morgan fingerprint density at radius 1 is 1.30 bits per heavy atom. The summed E-state index contributed by atoms with van der Waals surface area (Å²) in [5.74, 6) is -0.784. The molecule has 1 unspecified atom stereocenters. The molecule has 0 aliphatic rings. The van der Waals surface area contributed by atoms with Gasteiger partial charge in [0, 0.05) is 5.41 Å². The van der Waals surface area contributed by atoms with Gasteiger partial charge in [-0.05, 0) is 23.5 Å². The van der Waals surface area contributed by atoms with Crippen molar-refractivity contribution in [3.05, 3.63) is 46.7 Å². The molecule has 5 heteroatoms. The van der Waals surface area contributed by atoms with Crippen molar-refractivity contribution in [3.63, 3.8) is 0 Å². The van der Waals surface area contributed by atoms with Gasteiger partial charge in [0.15, 0.2) is 0 Å². The Balaban J connectivity index is 2.25. The lowest BCUT2D eigenvalue weighted by molar-refractivity contribution is -0.138. The summed E-state index contributed by atoms with van der Waals surface area (Å²) < 4.78 is 4.30. The van der Waals surface area contributed by atoms with Crippen LogP contribution in [0.2, 0.25) is 0 Å². The van der Waals surface area contributed by atoms with E-state index in [2.05, 4.69) is 9.36 Å². The molecule has 1 aromatic carbocycles. The minimum absolute atomic E-state index is 0.162. The Bertz CT molecular complexity index is 587. The molecule has 0 bridgehead atoms. The van der Waals surface area contributed by atoms with Crippen molar-refractivity contribution in [1.82, 2.24) is 9.36 Å². The molecular weight excluding hydrogens is 272 g/mol. The number of carbonyl (C=O) groups is 1. The molecule has 0 spiro atoms. The predicted molar refractivity (Wildman–Crippen MR) is 79.1 cm³/mol. The van der Waals surface area contributed by atoms with Gasteiger partial charge in [0.1, 0.15) is 16.7 Å². The number of carboxylic acid groups (broad SMARTS) is 1. The minimum Gasteiger partial charge on any atom is -0.481 e. The van der Waals surface area contributed by atoms with Crippen LogP contribution in [0, 0.1) is 0 Å². The fourth-order valence-electron chi connectivity index (χ4n) is 1.81. The molecular formula is C15H18N2O2S. The Morgan fingerprint density at radius 3 is 2.45 bits per heavy atom. The maximum absolute atomic E-state index is 11.5. The van der Waals surface area contributed by atoms with E-state index in [1.807, 2.05) is 51.1 Å². The lowest BCUT2D eigenvalue weighted by Gasteiger charge is -2.13. The molecule has 106 valence electrons. The summed E-state index contributed by atoms with van der Waals surface area (Å²) in [5.41, 5.74) is 0.831. The maximum Gasteiger partial charge on any atom is 0.313 e. The van der Waals surface area contributed by atoms with E-state index in [4.69, 9.17) is 0 Å². The highest BCUT2D eigenvalue weighted by atomic mass is 32.1. The maximum atomic E-state index is 11.5. The van der Waals surface area contributed by atoms with E-state index >= 15 is 0 Å². The number of hydrogen-bond donors (Lipinski definition) is 1. The summed E-state index contributed by atoms with van der Waals surface area (Å²) in [6.45, 7) is 6.06. The molecule has 4 nitrogen and oxygen atoms in total. The second kappa shape index (κ2) is 5.71. The van der Waals surface area contributed by atoms with E-state index in [-0.39, 0.29) is 5.41 Å². The smallest absolute Gasteiger partial charge is 0.313 e. The molecule has 1 aromatic heterocycles. The van der Waals surface area contributed by atoms with Crippen LogP contribution in [0.25, 0.3) is 0 Å². The number of aromatic nitrogens is 2. The molecule has 1 atom stereocenters. The lowest BCUT2D eigenvalue weighted by atomic mass is 9.96. The molecule has 0 aliphatic carbocycles. The first-order valence-electron chi connectivity index (χ1n) is 6.49. The quantitative estimate of drug-likeness (QED) is 0.939. The number of aliphatic carboxylic acids is 1. The van der Waals surface area contributed by atoms with E-state index in [1.54, 1.807) is 0 Å². The number of hydrogen-bond acceptors (Lipinski definition) is 4. The largest absolute Gasteiger partial charge is 0.481 e. The molecule has 0 saturated carbocycles. The molecule has 1 N–H and O–H groups in total. The Morgan fingerprint density at radius 2 is 1.95 bits per heavy atom. The van der Waals surface area contributed by atoms with Crippen LogP contribution >= 0.6 is 11.5 Å². The predicted octanol–water partition coefficient (Wildman–Crippen LogP) is 3.25. The first-order valence-corrected chi connectivity index (χ1v) is 7.26. The molecule has 1 heterocycles. The monoisotopic (exact) mass is 290 g/mol. The first kappa shape index (κ1) is 14.7. The normalized spacial score (nSPS) is 13.2. The highest BCUT2D eigenvalue weighted by Crippen LogP contribution is 2.27. The van der Waals surface area contributed by atoms with Gasteiger partial charge in [0.05, 0.1) is 0 Å². The highest BCUT2D eigenvalue weighted by molar-refractivity contribution is 7.05. The van der Waals surface area contributed by atoms with E-state index in [0.717, 1.165) is 5.56 Å². The average molecular weight is 290 g/mol. The van der Waals surface area contributed by atoms with Crippen LogP contribution in [-0.2, 0) is 16.6 Å². The van der Waals surface area contributed by atoms with Gasteiger partial charge in [-0.15, -0.1) is 0 Å². The Kier molecular flexibility index (Phi) is 4.18. The summed E-state index contributed by atoms with van der Waals surface area (Å²) in [7, 11) is 0. The molecule has 2 rings (SSSR count). The van der Waals surface area contributed by atoms with E-state index in [1.165, 1.54) is 11.5 Å². The molecule has 20 heavy (non-hydrogen) atoms. The first-order chi connectivity index (χ1) is 9.38. The summed E-state index contributed by atoms with van der Waals surface area (Å²) in [4.78, 5) is 15.9. The van der Waals surface area contributed by atoms with Crippen LogP contribution in [0.4, 0.5) is 0 Å². The van der Waals surface area contributed by atoms with Crippen molar-refractivity contribution in [2.24, 2.45) is 0 Å². The zero-order chi connectivity index (χ0) is 14.8. The number of nitrogens with zero attached hydrogens (tertiary/aromatic N) is 2. The third kappa shape index (κ3) is 3.42. The fourth-order valence-corrected chi connectivity index (χ4v) is 2.74. The SMILES string of the molecule is CC(C)(C)c1nsc(C(Cc2ccccc2)C(=O)O)n1.